The van der Waals surface area contributed by atoms with E-state index in [1.54, 1.807) is 0 Å². The van der Waals surface area contributed by atoms with Crippen LogP contribution >= 0.6 is 0 Å². The zero-order valence-corrected chi connectivity index (χ0v) is 19.4. The fourth-order valence-corrected chi connectivity index (χ4v) is 7.75. The molecule has 2 atom stereocenters. The first kappa shape index (κ1) is 21.2. The molecule has 1 aliphatic heterocycles. The van der Waals surface area contributed by atoms with Crippen molar-refractivity contribution in [3.63, 3.8) is 0 Å². The van der Waals surface area contributed by atoms with Crippen LogP contribution in [-0.4, -0.2) is 47.4 Å². The van der Waals surface area contributed by atoms with Crippen molar-refractivity contribution in [2.24, 2.45) is 35.5 Å². The number of piperidine rings is 1. The largest absolute Gasteiger partial charge is 0.506 e. The average molecular weight is 454 g/mol. The molecule has 0 radical (unpaired) electrons. The summed E-state index contributed by atoms with van der Waals surface area (Å²) >= 11 is 0. The van der Waals surface area contributed by atoms with E-state index in [1.807, 2.05) is 12.1 Å². The number of rotatable bonds is 7. The number of nitrogens with one attached hydrogen (secondary N) is 1. The highest BCUT2D eigenvalue weighted by Crippen LogP contribution is 2.54. The van der Waals surface area contributed by atoms with Crippen molar-refractivity contribution in [1.82, 2.24) is 10.3 Å². The first-order valence-electron chi connectivity index (χ1n) is 13.0. The van der Waals surface area contributed by atoms with Gasteiger partial charge >= 0.3 is 6.16 Å². The van der Waals surface area contributed by atoms with Gasteiger partial charge in [-0.2, -0.15) is 0 Å². The van der Waals surface area contributed by atoms with E-state index in [9.17, 15) is 9.59 Å². The summed E-state index contributed by atoms with van der Waals surface area (Å²) in [7, 11) is 0. The number of carbonyl (C=O) groups excluding carboxylic acids is 1. The minimum Gasteiger partial charge on any atom is -0.450 e. The number of amides is 1. The fraction of sp³-hybridized carbons (Fsp3) is 0.731. The van der Waals surface area contributed by atoms with Gasteiger partial charge in [-0.25, -0.2) is 9.78 Å². The number of carboxylic acid groups (broad SMARTS) is 1. The van der Waals surface area contributed by atoms with E-state index >= 15 is 0 Å². The molecule has 7 rings (SSSR count). The molecule has 5 aliphatic carbocycles. The molecule has 1 saturated heterocycles. The van der Waals surface area contributed by atoms with Gasteiger partial charge in [-0.05, 0) is 80.8 Å². The van der Waals surface area contributed by atoms with Gasteiger partial charge < -0.3 is 20.1 Å². The van der Waals surface area contributed by atoms with E-state index < -0.39 is 6.16 Å². The summed E-state index contributed by atoms with van der Waals surface area (Å²) in [6.45, 7) is 3.69. The molecule has 1 aromatic rings. The van der Waals surface area contributed by atoms with Gasteiger partial charge in [-0.1, -0.05) is 13.3 Å². The number of aromatic nitrogens is 1. The molecular weight excluding hydrogens is 418 g/mol. The number of fused-ring (bicyclic) bond motifs is 1. The van der Waals surface area contributed by atoms with Gasteiger partial charge in [0.15, 0.2) is 0 Å². The highest BCUT2D eigenvalue weighted by atomic mass is 16.7. The number of unbranched alkanes of at least 4 members (excludes halogenated alkanes) is 1. The summed E-state index contributed by atoms with van der Waals surface area (Å²) in [6, 6.07) is 4.27. The van der Waals surface area contributed by atoms with Crippen molar-refractivity contribution in [2.75, 3.05) is 18.0 Å². The molecule has 2 N–H and O–H groups in total. The molecule has 5 saturated carbocycles. The molecule has 0 spiro atoms. The van der Waals surface area contributed by atoms with Gasteiger partial charge in [0.05, 0.1) is 11.3 Å². The summed E-state index contributed by atoms with van der Waals surface area (Å²) < 4.78 is 4.97. The monoisotopic (exact) mass is 453 g/mol. The summed E-state index contributed by atoms with van der Waals surface area (Å²) in [5.41, 5.74) is 1.63. The number of pyridine rings is 1. The van der Waals surface area contributed by atoms with Crippen LogP contribution in [0, 0.1) is 35.5 Å². The normalized spacial score (nSPS) is 37.7. The number of nitrogens with zero attached hydrogens (tertiary/aromatic N) is 2. The van der Waals surface area contributed by atoms with Crippen molar-refractivity contribution in [3.05, 3.63) is 23.4 Å². The van der Waals surface area contributed by atoms with Crippen LogP contribution in [0.1, 0.15) is 67.9 Å². The maximum Gasteiger partial charge on any atom is 0.506 e. The van der Waals surface area contributed by atoms with Crippen LogP contribution in [0.25, 0.3) is 0 Å². The van der Waals surface area contributed by atoms with E-state index in [0.717, 1.165) is 61.3 Å². The van der Waals surface area contributed by atoms with Gasteiger partial charge in [-0.3, -0.25) is 4.79 Å². The van der Waals surface area contributed by atoms with Crippen LogP contribution in [0.2, 0.25) is 0 Å². The van der Waals surface area contributed by atoms with Crippen LogP contribution in [0.4, 0.5) is 10.6 Å². The number of carbonyl (C=O) groups is 2. The molecule has 6 fully saturated rings. The van der Waals surface area contributed by atoms with Crippen LogP contribution in [-0.2, 0) is 11.2 Å². The molecule has 2 heterocycles. The molecule has 178 valence electrons. The standard InChI is InChI=1S/C26H35N3O4/c1-2-3-4-21-18(25(30)28-23-16-8-14-7-15(10-16)11-17(23)9-14)5-6-22(27-21)29-12-19-20(13-29)24(19)33-26(31)32/h5-6,14-17,19-20,23-24H,2-4,7-13H2,1H3,(H,28,30)(H,31,32). The van der Waals surface area contributed by atoms with Crippen LogP contribution in [0.5, 0.6) is 0 Å². The third-order valence-corrected chi connectivity index (χ3v) is 9.17. The Labute approximate surface area is 195 Å². The first-order valence-corrected chi connectivity index (χ1v) is 13.0. The molecular formula is C26H35N3O4. The Morgan fingerprint density at radius 1 is 1.09 bits per heavy atom. The quantitative estimate of drug-likeness (QED) is 0.604. The maximum atomic E-state index is 13.4. The Morgan fingerprint density at radius 3 is 2.36 bits per heavy atom. The third-order valence-electron chi connectivity index (χ3n) is 9.17. The van der Waals surface area contributed by atoms with Crippen molar-refractivity contribution >= 4 is 17.9 Å². The molecule has 4 bridgehead atoms. The average Bonchev–Trinajstić information content (AvgIpc) is 3.21. The zero-order chi connectivity index (χ0) is 22.7. The Hall–Kier alpha value is -2.31. The topological polar surface area (TPSA) is 91.8 Å². The third kappa shape index (κ3) is 3.87. The van der Waals surface area contributed by atoms with Gasteiger partial charge in [0, 0.05) is 31.0 Å². The minimum atomic E-state index is -1.18. The zero-order valence-electron chi connectivity index (χ0n) is 19.4. The number of hydrogen-bond acceptors (Lipinski definition) is 5. The predicted octanol–water partition coefficient (Wildman–Crippen LogP) is 4.11. The van der Waals surface area contributed by atoms with E-state index in [0.29, 0.717) is 17.9 Å². The molecule has 1 amide bonds. The lowest BCUT2D eigenvalue weighted by molar-refractivity contribution is -0.0119. The Morgan fingerprint density at radius 2 is 1.76 bits per heavy atom. The van der Waals surface area contributed by atoms with Gasteiger partial charge in [-0.15, -0.1) is 0 Å². The lowest BCUT2D eigenvalue weighted by Crippen LogP contribution is -2.55. The second-order valence-corrected chi connectivity index (χ2v) is 11.3. The Kier molecular flexibility index (Phi) is 5.26. The molecule has 2 unspecified atom stereocenters. The summed E-state index contributed by atoms with van der Waals surface area (Å²) in [5.74, 6) is 4.60. The molecule has 0 aromatic carbocycles. The van der Waals surface area contributed by atoms with Crippen LogP contribution < -0.4 is 10.2 Å². The molecule has 7 nitrogen and oxygen atoms in total. The number of anilines is 1. The number of aryl methyl sites for hydroxylation is 1. The molecule has 33 heavy (non-hydrogen) atoms. The van der Waals surface area contributed by atoms with Crippen molar-refractivity contribution in [3.8, 4) is 0 Å². The van der Waals surface area contributed by atoms with E-state index in [1.165, 1.54) is 32.1 Å². The maximum absolute atomic E-state index is 13.4. The predicted molar refractivity (Wildman–Crippen MR) is 123 cm³/mol. The highest BCUT2D eigenvalue weighted by Gasteiger charge is 2.59. The minimum absolute atomic E-state index is 0.0526. The Bertz CT molecular complexity index is 909. The van der Waals surface area contributed by atoms with Crippen molar-refractivity contribution in [2.45, 2.75) is 70.4 Å². The van der Waals surface area contributed by atoms with E-state index in [2.05, 4.69) is 17.1 Å². The molecule has 7 heteroatoms. The molecule has 6 aliphatic rings. The lowest BCUT2D eigenvalue weighted by Gasteiger charge is -2.54. The SMILES string of the molecule is CCCCc1nc(N2CC3C(C2)C3OC(=O)O)ccc1C(=O)NC1C2CC3CC(C2)CC1C3. The van der Waals surface area contributed by atoms with Gasteiger partial charge in [0.25, 0.3) is 5.91 Å². The van der Waals surface area contributed by atoms with E-state index in [4.69, 9.17) is 14.8 Å². The lowest BCUT2D eigenvalue weighted by atomic mass is 9.54. The summed E-state index contributed by atoms with van der Waals surface area (Å²) in [4.78, 5) is 31.4. The van der Waals surface area contributed by atoms with E-state index in [-0.39, 0.29) is 23.8 Å². The highest BCUT2D eigenvalue weighted by molar-refractivity contribution is 5.95. The van der Waals surface area contributed by atoms with Crippen molar-refractivity contribution < 1.29 is 19.4 Å². The van der Waals surface area contributed by atoms with Crippen LogP contribution in [0.15, 0.2) is 12.1 Å². The smallest absolute Gasteiger partial charge is 0.450 e. The number of ether oxygens (including phenoxy) is 1. The van der Waals surface area contributed by atoms with Crippen LogP contribution in [0.3, 0.4) is 0 Å². The summed E-state index contributed by atoms with van der Waals surface area (Å²) in [6.07, 6.45) is 8.12. The Balaban J connectivity index is 1.16. The van der Waals surface area contributed by atoms with Gasteiger partial charge in [0.2, 0.25) is 0 Å². The first-order chi connectivity index (χ1) is 16.0. The number of hydrogen-bond donors (Lipinski definition) is 2. The second-order valence-electron chi connectivity index (χ2n) is 11.3. The fourth-order valence-electron chi connectivity index (χ4n) is 7.75. The van der Waals surface area contributed by atoms with Crippen molar-refractivity contribution in [1.29, 1.82) is 0 Å². The summed E-state index contributed by atoms with van der Waals surface area (Å²) in [5, 5.41) is 12.3. The second kappa shape index (κ2) is 8.17. The van der Waals surface area contributed by atoms with Gasteiger partial charge in [0.1, 0.15) is 11.9 Å². The molecule has 1 aromatic heterocycles.